The fraction of sp³-hybridized carbons (Fsp3) is 0.526. The zero-order valence-electron chi connectivity index (χ0n) is 16.1. The Labute approximate surface area is 154 Å². The minimum Gasteiger partial charge on any atom is -0.350 e. The Morgan fingerprint density at radius 2 is 1.85 bits per heavy atom. The van der Waals surface area contributed by atoms with Gasteiger partial charge in [0.05, 0.1) is 13.2 Å². The molecule has 7 heteroatoms. The molecular formula is C19H28N4O3. The second-order valence-corrected chi connectivity index (χ2v) is 7.74. The standard InChI is InChI=1S/C19H28N4O3/c1-6-19(14-10-8-7-9-11-14)16(25)23(17(26)21-19)13-22(5)12-15(24)20-18(2,3)4/h7-11H,6,12-13H2,1-5H3,(H,20,24)(H,21,26)/t19-/m1/s1. The van der Waals surface area contributed by atoms with Crippen LogP contribution in [-0.4, -0.2) is 53.4 Å². The number of likely N-dealkylation sites (N-methyl/N-ethyl adjacent to an activating group) is 1. The molecule has 1 saturated heterocycles. The molecule has 1 aliphatic heterocycles. The Morgan fingerprint density at radius 1 is 1.23 bits per heavy atom. The topological polar surface area (TPSA) is 81.8 Å². The molecule has 0 aromatic heterocycles. The highest BCUT2D eigenvalue weighted by molar-refractivity contribution is 6.07. The summed E-state index contributed by atoms with van der Waals surface area (Å²) in [6.07, 6.45) is 0.451. The van der Waals surface area contributed by atoms with Gasteiger partial charge in [0.1, 0.15) is 5.54 Å². The Hall–Kier alpha value is -2.41. The molecule has 0 spiro atoms. The summed E-state index contributed by atoms with van der Waals surface area (Å²) < 4.78 is 0. The molecule has 1 heterocycles. The number of hydrogen-bond acceptors (Lipinski definition) is 4. The van der Waals surface area contributed by atoms with Crippen molar-refractivity contribution in [3.8, 4) is 0 Å². The molecule has 1 aromatic carbocycles. The number of benzene rings is 1. The van der Waals surface area contributed by atoms with Crippen LogP contribution in [0.1, 0.15) is 39.7 Å². The van der Waals surface area contributed by atoms with Crippen LogP contribution in [0, 0.1) is 0 Å². The minimum atomic E-state index is -1.05. The third kappa shape index (κ3) is 4.22. The second-order valence-electron chi connectivity index (χ2n) is 7.74. The van der Waals surface area contributed by atoms with Gasteiger partial charge >= 0.3 is 6.03 Å². The predicted molar refractivity (Wildman–Crippen MR) is 99.2 cm³/mol. The van der Waals surface area contributed by atoms with Gasteiger partial charge < -0.3 is 10.6 Å². The van der Waals surface area contributed by atoms with Gasteiger partial charge in [0, 0.05) is 5.54 Å². The molecule has 2 N–H and O–H groups in total. The number of carbonyl (C=O) groups excluding carboxylic acids is 3. The number of hydrogen-bond donors (Lipinski definition) is 2. The lowest BCUT2D eigenvalue weighted by Crippen LogP contribution is -2.48. The number of nitrogens with one attached hydrogen (secondary N) is 2. The smallest absolute Gasteiger partial charge is 0.326 e. The molecule has 1 atom stereocenters. The van der Waals surface area contributed by atoms with Gasteiger partial charge in [-0.2, -0.15) is 0 Å². The van der Waals surface area contributed by atoms with Crippen molar-refractivity contribution in [2.24, 2.45) is 0 Å². The first-order valence-electron chi connectivity index (χ1n) is 8.78. The summed E-state index contributed by atoms with van der Waals surface area (Å²) in [6.45, 7) is 7.72. The first-order chi connectivity index (χ1) is 12.1. The molecule has 4 amide bonds. The van der Waals surface area contributed by atoms with E-state index in [1.807, 2.05) is 58.0 Å². The molecule has 0 aliphatic carbocycles. The molecular weight excluding hydrogens is 332 g/mol. The van der Waals surface area contributed by atoms with E-state index < -0.39 is 11.6 Å². The number of amides is 4. The van der Waals surface area contributed by atoms with Crippen LogP contribution in [0.5, 0.6) is 0 Å². The van der Waals surface area contributed by atoms with Crippen LogP contribution >= 0.6 is 0 Å². The largest absolute Gasteiger partial charge is 0.350 e. The Balaban J connectivity index is 2.10. The van der Waals surface area contributed by atoms with Gasteiger partial charge in [0.2, 0.25) is 5.91 Å². The molecule has 1 aliphatic rings. The van der Waals surface area contributed by atoms with Gasteiger partial charge in [-0.3, -0.25) is 14.5 Å². The first-order valence-corrected chi connectivity index (χ1v) is 8.78. The molecule has 26 heavy (non-hydrogen) atoms. The van der Waals surface area contributed by atoms with Gasteiger partial charge in [-0.1, -0.05) is 37.3 Å². The van der Waals surface area contributed by atoms with Crippen molar-refractivity contribution in [3.63, 3.8) is 0 Å². The number of carbonyl (C=O) groups is 3. The highest BCUT2D eigenvalue weighted by atomic mass is 16.2. The van der Waals surface area contributed by atoms with E-state index in [4.69, 9.17) is 0 Å². The van der Waals surface area contributed by atoms with Gasteiger partial charge in [0.15, 0.2) is 0 Å². The van der Waals surface area contributed by atoms with Gasteiger partial charge in [-0.25, -0.2) is 9.69 Å². The predicted octanol–water partition coefficient (Wildman–Crippen LogP) is 1.65. The van der Waals surface area contributed by atoms with E-state index in [0.29, 0.717) is 6.42 Å². The normalized spacial score (nSPS) is 20.5. The van der Waals surface area contributed by atoms with E-state index in [9.17, 15) is 14.4 Å². The molecule has 2 rings (SSSR count). The Kier molecular flexibility index (Phi) is 5.71. The average Bonchev–Trinajstić information content (AvgIpc) is 2.79. The van der Waals surface area contributed by atoms with Crippen LogP contribution in [0.15, 0.2) is 30.3 Å². The zero-order chi connectivity index (χ0) is 19.5. The van der Waals surface area contributed by atoms with Crippen molar-refractivity contribution < 1.29 is 14.4 Å². The van der Waals surface area contributed by atoms with E-state index in [-0.39, 0.29) is 30.6 Å². The van der Waals surface area contributed by atoms with E-state index >= 15 is 0 Å². The third-order valence-corrected chi connectivity index (χ3v) is 4.28. The highest BCUT2D eigenvalue weighted by Gasteiger charge is 2.51. The van der Waals surface area contributed by atoms with Gasteiger partial charge in [-0.15, -0.1) is 0 Å². The molecule has 0 unspecified atom stereocenters. The maximum Gasteiger partial charge on any atom is 0.326 e. The Bertz CT molecular complexity index is 684. The summed E-state index contributed by atoms with van der Waals surface area (Å²) >= 11 is 0. The van der Waals surface area contributed by atoms with Crippen molar-refractivity contribution in [3.05, 3.63) is 35.9 Å². The molecule has 142 valence electrons. The fourth-order valence-corrected chi connectivity index (χ4v) is 3.11. The van der Waals surface area contributed by atoms with Crippen LogP contribution in [0.2, 0.25) is 0 Å². The van der Waals surface area contributed by atoms with Crippen LogP contribution in [0.4, 0.5) is 4.79 Å². The van der Waals surface area contributed by atoms with Crippen LogP contribution in [0.25, 0.3) is 0 Å². The lowest BCUT2D eigenvalue weighted by Gasteiger charge is -2.27. The molecule has 1 aromatic rings. The number of urea groups is 1. The Morgan fingerprint density at radius 3 is 2.38 bits per heavy atom. The van der Waals surface area contributed by atoms with Crippen molar-refractivity contribution >= 4 is 17.8 Å². The second kappa shape index (κ2) is 7.45. The molecule has 0 bridgehead atoms. The maximum absolute atomic E-state index is 13.0. The zero-order valence-corrected chi connectivity index (χ0v) is 16.1. The lowest BCUT2D eigenvalue weighted by atomic mass is 9.87. The third-order valence-electron chi connectivity index (χ3n) is 4.28. The highest BCUT2D eigenvalue weighted by Crippen LogP contribution is 2.32. The van der Waals surface area contributed by atoms with Gasteiger partial charge in [-0.05, 0) is 39.8 Å². The summed E-state index contributed by atoms with van der Waals surface area (Å²) in [5, 5.41) is 5.71. The molecule has 7 nitrogen and oxygen atoms in total. The quantitative estimate of drug-likeness (QED) is 0.756. The van der Waals surface area contributed by atoms with Crippen LogP contribution in [0.3, 0.4) is 0 Å². The SMILES string of the molecule is CC[C@]1(c2ccccc2)NC(=O)N(CN(C)CC(=O)NC(C)(C)C)C1=O. The number of rotatable bonds is 6. The van der Waals surface area contributed by atoms with E-state index in [2.05, 4.69) is 10.6 Å². The van der Waals surface area contributed by atoms with Crippen molar-refractivity contribution in [2.45, 2.75) is 45.2 Å². The summed E-state index contributed by atoms with van der Waals surface area (Å²) in [4.78, 5) is 40.4. The van der Waals surface area contributed by atoms with Crippen LogP contribution < -0.4 is 10.6 Å². The average molecular weight is 360 g/mol. The van der Waals surface area contributed by atoms with E-state index in [1.54, 1.807) is 11.9 Å². The summed E-state index contributed by atoms with van der Waals surface area (Å²) in [7, 11) is 1.71. The summed E-state index contributed by atoms with van der Waals surface area (Å²) in [5.41, 5.74) is -0.618. The number of nitrogens with zero attached hydrogens (tertiary/aromatic N) is 2. The molecule has 1 fully saturated rings. The monoisotopic (exact) mass is 360 g/mol. The molecule has 0 radical (unpaired) electrons. The van der Waals surface area contributed by atoms with E-state index in [0.717, 1.165) is 5.56 Å². The maximum atomic E-state index is 13.0. The van der Waals surface area contributed by atoms with Gasteiger partial charge in [0.25, 0.3) is 5.91 Å². The molecule has 0 saturated carbocycles. The lowest BCUT2D eigenvalue weighted by molar-refractivity contribution is -0.134. The minimum absolute atomic E-state index is 0.0524. The fourth-order valence-electron chi connectivity index (χ4n) is 3.11. The first kappa shape index (κ1) is 19.9. The number of imide groups is 1. The van der Waals surface area contributed by atoms with Crippen molar-refractivity contribution in [2.75, 3.05) is 20.3 Å². The summed E-state index contributed by atoms with van der Waals surface area (Å²) in [5.74, 6) is -0.448. The van der Waals surface area contributed by atoms with Crippen molar-refractivity contribution in [1.29, 1.82) is 0 Å². The van der Waals surface area contributed by atoms with Crippen LogP contribution in [-0.2, 0) is 15.1 Å². The summed E-state index contributed by atoms with van der Waals surface area (Å²) in [6, 6.07) is 8.80. The van der Waals surface area contributed by atoms with E-state index in [1.165, 1.54) is 4.90 Å². The van der Waals surface area contributed by atoms with Crippen molar-refractivity contribution in [1.82, 2.24) is 20.4 Å².